The third-order valence-electron chi connectivity index (χ3n) is 2.52. The van der Waals surface area contributed by atoms with Crippen molar-refractivity contribution in [1.29, 1.82) is 0 Å². The molecule has 3 nitrogen and oxygen atoms in total. The highest BCUT2D eigenvalue weighted by molar-refractivity contribution is 6.34. The highest BCUT2D eigenvalue weighted by Crippen LogP contribution is 2.32. The first-order chi connectivity index (χ1) is 6.86. The summed E-state index contributed by atoms with van der Waals surface area (Å²) >= 11 is 6.00. The summed E-state index contributed by atoms with van der Waals surface area (Å²) in [5.41, 5.74) is 1.07. The summed E-state index contributed by atoms with van der Waals surface area (Å²) in [6.45, 7) is 1.73. The monoisotopic (exact) mass is 208 g/mol. The van der Waals surface area contributed by atoms with Gasteiger partial charge in [-0.2, -0.15) is 0 Å². The van der Waals surface area contributed by atoms with Gasteiger partial charge in [-0.3, -0.25) is 0 Å². The summed E-state index contributed by atoms with van der Waals surface area (Å²) in [4.78, 5) is 4.09. The Morgan fingerprint density at radius 1 is 1.50 bits per heavy atom. The molecule has 0 bridgehead atoms. The predicted octanol–water partition coefficient (Wildman–Crippen LogP) is 2.47. The minimum Gasteiger partial charge on any atom is -0.490 e. The van der Waals surface area contributed by atoms with Gasteiger partial charge < -0.3 is 9.30 Å². The van der Waals surface area contributed by atoms with E-state index < -0.39 is 0 Å². The average molecular weight is 209 g/mol. The van der Waals surface area contributed by atoms with Gasteiger partial charge in [-0.1, -0.05) is 11.6 Å². The van der Waals surface area contributed by atoms with Crippen molar-refractivity contribution in [2.75, 3.05) is 6.61 Å². The first-order valence-corrected chi connectivity index (χ1v) is 5.00. The topological polar surface area (TPSA) is 27.1 Å². The Bertz CT molecular complexity index is 492. The Morgan fingerprint density at radius 3 is 3.36 bits per heavy atom. The second-order valence-corrected chi connectivity index (χ2v) is 3.74. The summed E-state index contributed by atoms with van der Waals surface area (Å²) in [5, 5.41) is 1.53. The maximum atomic E-state index is 6.00. The summed E-state index contributed by atoms with van der Waals surface area (Å²) in [7, 11) is 0. The Kier molecular flexibility index (Phi) is 1.67. The van der Waals surface area contributed by atoms with Crippen molar-refractivity contribution < 1.29 is 4.74 Å². The Labute approximate surface area is 86.3 Å². The average Bonchev–Trinajstić information content (AvgIpc) is 2.51. The molecule has 1 aliphatic rings. The zero-order chi connectivity index (χ0) is 9.54. The van der Waals surface area contributed by atoms with E-state index in [-0.39, 0.29) is 0 Å². The van der Waals surface area contributed by atoms with Gasteiger partial charge in [0.15, 0.2) is 5.75 Å². The van der Waals surface area contributed by atoms with Crippen LogP contribution in [-0.2, 0) is 6.54 Å². The lowest BCUT2D eigenvalue weighted by Crippen LogP contribution is -1.97. The largest absolute Gasteiger partial charge is 0.490 e. The van der Waals surface area contributed by atoms with Gasteiger partial charge in [0.25, 0.3) is 0 Å². The molecule has 4 heteroatoms. The third kappa shape index (κ3) is 1.02. The van der Waals surface area contributed by atoms with E-state index in [0.29, 0.717) is 5.15 Å². The smallest absolute Gasteiger partial charge is 0.161 e. The van der Waals surface area contributed by atoms with Crippen LogP contribution in [-0.4, -0.2) is 16.2 Å². The first-order valence-electron chi connectivity index (χ1n) is 4.62. The van der Waals surface area contributed by atoms with Crippen molar-refractivity contribution in [3.8, 4) is 5.75 Å². The number of nitrogens with zero attached hydrogens (tertiary/aromatic N) is 2. The zero-order valence-corrected chi connectivity index (χ0v) is 8.29. The highest BCUT2D eigenvalue weighted by atomic mass is 35.5. The van der Waals surface area contributed by atoms with Gasteiger partial charge in [0.1, 0.15) is 5.15 Å². The fourth-order valence-corrected chi connectivity index (χ4v) is 2.07. The zero-order valence-electron chi connectivity index (χ0n) is 7.53. The van der Waals surface area contributed by atoms with E-state index in [9.17, 15) is 0 Å². The molecule has 0 saturated carbocycles. The first kappa shape index (κ1) is 8.12. The van der Waals surface area contributed by atoms with E-state index in [0.717, 1.165) is 36.2 Å². The minimum atomic E-state index is 0.549. The number of halogens is 1. The Morgan fingerprint density at radius 2 is 2.43 bits per heavy atom. The van der Waals surface area contributed by atoms with E-state index in [1.807, 2.05) is 12.3 Å². The van der Waals surface area contributed by atoms with Crippen molar-refractivity contribution in [2.24, 2.45) is 0 Å². The van der Waals surface area contributed by atoms with Crippen molar-refractivity contribution in [1.82, 2.24) is 9.55 Å². The molecule has 3 heterocycles. The number of ether oxygens (including phenoxy) is 1. The van der Waals surface area contributed by atoms with Crippen LogP contribution >= 0.6 is 11.6 Å². The molecule has 0 spiro atoms. The summed E-state index contributed by atoms with van der Waals surface area (Å²) in [5.74, 6) is 0.840. The van der Waals surface area contributed by atoms with Gasteiger partial charge in [-0.05, 0) is 12.5 Å². The van der Waals surface area contributed by atoms with E-state index >= 15 is 0 Å². The summed E-state index contributed by atoms with van der Waals surface area (Å²) in [6, 6.07) is 1.99. The van der Waals surface area contributed by atoms with Crippen molar-refractivity contribution in [3.63, 3.8) is 0 Å². The Balaban J connectivity index is 2.41. The normalized spacial score (nSPS) is 15.2. The molecule has 0 aromatic carbocycles. The molecule has 0 radical (unpaired) electrons. The third-order valence-corrected chi connectivity index (χ3v) is 2.82. The van der Waals surface area contributed by atoms with Gasteiger partial charge in [0.2, 0.25) is 0 Å². The minimum absolute atomic E-state index is 0.549. The summed E-state index contributed by atoms with van der Waals surface area (Å²) in [6.07, 6.45) is 4.76. The van der Waals surface area contributed by atoms with E-state index in [4.69, 9.17) is 16.3 Å². The number of hydrogen-bond donors (Lipinski definition) is 0. The summed E-state index contributed by atoms with van der Waals surface area (Å²) < 4.78 is 7.76. The maximum absolute atomic E-state index is 6.00. The van der Waals surface area contributed by atoms with E-state index in [1.165, 1.54) is 0 Å². The van der Waals surface area contributed by atoms with Crippen LogP contribution in [0, 0.1) is 0 Å². The molecule has 2 aromatic heterocycles. The molecule has 0 fully saturated rings. The number of aryl methyl sites for hydroxylation is 1. The standard InChI is InChI=1S/C10H9ClN2O/c11-10-7-2-4-13-3-1-5-14-8(6-12-10)9(7)13/h2,4,6H,1,3,5H2. The number of aromatic nitrogens is 2. The predicted molar refractivity (Wildman–Crippen MR) is 54.9 cm³/mol. The lowest BCUT2D eigenvalue weighted by molar-refractivity contribution is 0.315. The molecule has 0 atom stereocenters. The molecule has 3 rings (SSSR count). The second kappa shape index (κ2) is 2.89. The van der Waals surface area contributed by atoms with Gasteiger partial charge >= 0.3 is 0 Å². The van der Waals surface area contributed by atoms with Crippen LogP contribution < -0.4 is 4.74 Å². The lowest BCUT2D eigenvalue weighted by Gasteiger charge is -2.04. The van der Waals surface area contributed by atoms with Gasteiger partial charge in [0, 0.05) is 18.1 Å². The highest BCUT2D eigenvalue weighted by Gasteiger charge is 2.14. The fourth-order valence-electron chi connectivity index (χ4n) is 1.87. The van der Waals surface area contributed by atoms with Crippen molar-refractivity contribution >= 4 is 22.5 Å². The van der Waals surface area contributed by atoms with E-state index in [1.54, 1.807) is 6.20 Å². The van der Waals surface area contributed by atoms with Gasteiger partial charge in [-0.15, -0.1) is 0 Å². The number of pyridine rings is 1. The fraction of sp³-hybridized carbons (Fsp3) is 0.300. The quantitative estimate of drug-likeness (QED) is 0.622. The molecule has 0 saturated heterocycles. The molecule has 0 amide bonds. The lowest BCUT2D eigenvalue weighted by atomic mass is 10.3. The van der Waals surface area contributed by atoms with Crippen molar-refractivity contribution in [2.45, 2.75) is 13.0 Å². The van der Waals surface area contributed by atoms with Gasteiger partial charge in [0.05, 0.1) is 18.3 Å². The van der Waals surface area contributed by atoms with Crippen LogP contribution in [0.15, 0.2) is 18.5 Å². The molecule has 0 N–H and O–H groups in total. The van der Waals surface area contributed by atoms with Gasteiger partial charge in [-0.25, -0.2) is 4.98 Å². The molecule has 14 heavy (non-hydrogen) atoms. The van der Waals surface area contributed by atoms with Crippen LogP contribution in [0.3, 0.4) is 0 Å². The SMILES string of the molecule is Clc1ncc2c3c1ccn3CCCO2. The van der Waals surface area contributed by atoms with Crippen LogP contribution in [0.2, 0.25) is 5.15 Å². The second-order valence-electron chi connectivity index (χ2n) is 3.39. The number of hydrogen-bond acceptors (Lipinski definition) is 2. The number of rotatable bonds is 0. The molecular formula is C10H9ClN2O. The van der Waals surface area contributed by atoms with Crippen molar-refractivity contribution in [3.05, 3.63) is 23.6 Å². The van der Waals surface area contributed by atoms with Crippen LogP contribution in [0.5, 0.6) is 5.75 Å². The van der Waals surface area contributed by atoms with Crippen LogP contribution in [0.1, 0.15) is 6.42 Å². The molecule has 0 unspecified atom stereocenters. The molecule has 2 aromatic rings. The van der Waals surface area contributed by atoms with E-state index in [2.05, 4.69) is 9.55 Å². The maximum Gasteiger partial charge on any atom is 0.161 e. The van der Waals surface area contributed by atoms with Crippen LogP contribution in [0.25, 0.3) is 10.9 Å². The Hall–Kier alpha value is -1.22. The molecule has 1 aliphatic heterocycles. The molecule has 0 aliphatic carbocycles. The molecular weight excluding hydrogens is 200 g/mol. The molecule has 72 valence electrons. The van der Waals surface area contributed by atoms with Crippen LogP contribution in [0.4, 0.5) is 0 Å².